The predicted octanol–water partition coefficient (Wildman–Crippen LogP) is 2.71. The van der Waals surface area contributed by atoms with Crippen LogP contribution in [0.4, 0.5) is 0 Å². The SMILES string of the molecule is CC(=O)OC[C@@H](c1ccccc1)[N+](C)(C)CC(=O)OC(C)(C)C. The first-order valence-electron chi connectivity index (χ1n) is 7.74. The second-order valence-electron chi connectivity index (χ2n) is 7.25. The lowest BCUT2D eigenvalue weighted by Crippen LogP contribution is -2.49. The van der Waals surface area contributed by atoms with E-state index < -0.39 is 5.60 Å². The van der Waals surface area contributed by atoms with Crippen LogP contribution in [0, 0.1) is 0 Å². The second-order valence-corrected chi connectivity index (χ2v) is 7.25. The lowest BCUT2D eigenvalue weighted by molar-refractivity contribution is -0.914. The van der Waals surface area contributed by atoms with Crippen molar-refractivity contribution in [2.45, 2.75) is 39.3 Å². The zero-order valence-electron chi connectivity index (χ0n) is 15.0. The third kappa shape index (κ3) is 6.82. The van der Waals surface area contributed by atoms with Crippen molar-refractivity contribution in [1.82, 2.24) is 0 Å². The highest BCUT2D eigenvalue weighted by Crippen LogP contribution is 2.26. The molecule has 1 rings (SSSR count). The van der Waals surface area contributed by atoms with Crippen LogP contribution >= 0.6 is 0 Å². The van der Waals surface area contributed by atoms with Crippen LogP contribution in [0.1, 0.15) is 39.3 Å². The normalized spacial score (nSPS) is 13.3. The number of benzene rings is 1. The fourth-order valence-corrected chi connectivity index (χ4v) is 2.39. The molecule has 0 aromatic heterocycles. The summed E-state index contributed by atoms with van der Waals surface area (Å²) in [6, 6.07) is 9.60. The molecule has 0 amide bonds. The highest BCUT2D eigenvalue weighted by atomic mass is 16.6. The van der Waals surface area contributed by atoms with Gasteiger partial charge in [0.05, 0.1) is 14.1 Å². The van der Waals surface area contributed by atoms with Gasteiger partial charge in [-0.05, 0) is 20.8 Å². The molecule has 0 aliphatic carbocycles. The molecule has 1 aromatic carbocycles. The summed E-state index contributed by atoms with van der Waals surface area (Å²) in [5.41, 5.74) is 0.497. The number of hydrogen-bond acceptors (Lipinski definition) is 4. The van der Waals surface area contributed by atoms with Gasteiger partial charge in [0.25, 0.3) is 0 Å². The molecule has 5 nitrogen and oxygen atoms in total. The van der Waals surface area contributed by atoms with Gasteiger partial charge < -0.3 is 14.0 Å². The third-order valence-electron chi connectivity index (χ3n) is 3.43. The van der Waals surface area contributed by atoms with Gasteiger partial charge in [-0.25, -0.2) is 4.79 Å². The Kier molecular flexibility index (Phi) is 6.33. The average molecular weight is 322 g/mol. The van der Waals surface area contributed by atoms with Gasteiger partial charge >= 0.3 is 11.9 Å². The number of quaternary nitrogens is 1. The van der Waals surface area contributed by atoms with Gasteiger partial charge in [0.2, 0.25) is 0 Å². The minimum Gasteiger partial charge on any atom is -0.459 e. The molecule has 0 saturated carbocycles. The van der Waals surface area contributed by atoms with Crippen molar-refractivity contribution in [3.05, 3.63) is 35.9 Å². The van der Waals surface area contributed by atoms with E-state index in [9.17, 15) is 9.59 Å². The van der Waals surface area contributed by atoms with Crippen molar-refractivity contribution in [3.8, 4) is 0 Å². The van der Waals surface area contributed by atoms with E-state index in [1.54, 1.807) is 0 Å². The Bertz CT molecular complexity index is 532. The minimum absolute atomic E-state index is 0.146. The lowest BCUT2D eigenvalue weighted by Gasteiger charge is -2.37. The van der Waals surface area contributed by atoms with Gasteiger partial charge in [0, 0.05) is 12.5 Å². The van der Waals surface area contributed by atoms with Gasteiger partial charge in [0.1, 0.15) is 18.2 Å². The molecular formula is C18H28NO4+. The fourth-order valence-electron chi connectivity index (χ4n) is 2.39. The number of likely N-dealkylation sites (N-methyl/N-ethyl adjacent to an activating group) is 1. The van der Waals surface area contributed by atoms with E-state index >= 15 is 0 Å². The van der Waals surface area contributed by atoms with Crippen LogP contribution in [0.3, 0.4) is 0 Å². The van der Waals surface area contributed by atoms with Gasteiger partial charge in [-0.3, -0.25) is 4.79 Å². The summed E-state index contributed by atoms with van der Waals surface area (Å²) in [7, 11) is 3.87. The molecule has 1 atom stereocenters. The number of carbonyl (C=O) groups excluding carboxylic acids is 2. The summed E-state index contributed by atoms with van der Waals surface area (Å²) in [6.07, 6.45) is 0. The molecule has 5 heteroatoms. The molecule has 0 fully saturated rings. The van der Waals surface area contributed by atoms with Crippen molar-refractivity contribution in [2.24, 2.45) is 0 Å². The summed E-state index contributed by atoms with van der Waals surface area (Å²) in [5, 5.41) is 0. The van der Waals surface area contributed by atoms with Crippen LogP contribution in [0.25, 0.3) is 0 Å². The first kappa shape index (κ1) is 19.2. The van der Waals surface area contributed by atoms with E-state index in [4.69, 9.17) is 9.47 Å². The van der Waals surface area contributed by atoms with Crippen LogP contribution in [0.5, 0.6) is 0 Å². The lowest BCUT2D eigenvalue weighted by atomic mass is 10.0. The van der Waals surface area contributed by atoms with Crippen molar-refractivity contribution in [3.63, 3.8) is 0 Å². The van der Waals surface area contributed by atoms with E-state index in [1.807, 2.05) is 65.2 Å². The molecule has 0 heterocycles. The zero-order chi connectivity index (χ0) is 17.7. The quantitative estimate of drug-likeness (QED) is 0.597. The molecule has 0 aliphatic rings. The van der Waals surface area contributed by atoms with Crippen molar-refractivity contribution < 1.29 is 23.5 Å². The maximum absolute atomic E-state index is 12.2. The molecule has 0 unspecified atom stereocenters. The number of esters is 2. The van der Waals surface area contributed by atoms with E-state index in [1.165, 1.54) is 6.92 Å². The maximum Gasteiger partial charge on any atom is 0.362 e. The fraction of sp³-hybridized carbons (Fsp3) is 0.556. The molecular weight excluding hydrogens is 294 g/mol. The van der Waals surface area contributed by atoms with Crippen LogP contribution < -0.4 is 0 Å². The Morgan fingerprint density at radius 2 is 1.70 bits per heavy atom. The Morgan fingerprint density at radius 1 is 1.13 bits per heavy atom. The summed E-state index contributed by atoms with van der Waals surface area (Å²) in [5.74, 6) is -0.602. The number of nitrogens with zero attached hydrogens (tertiary/aromatic N) is 1. The highest BCUT2D eigenvalue weighted by Gasteiger charge is 2.34. The van der Waals surface area contributed by atoms with Crippen LogP contribution in [-0.2, 0) is 19.1 Å². The summed E-state index contributed by atoms with van der Waals surface area (Å²) >= 11 is 0. The topological polar surface area (TPSA) is 52.6 Å². The van der Waals surface area contributed by atoms with E-state index in [0.717, 1.165) is 5.56 Å². The smallest absolute Gasteiger partial charge is 0.362 e. The summed E-state index contributed by atoms with van der Waals surface area (Å²) in [6.45, 7) is 7.33. The molecule has 0 radical (unpaired) electrons. The van der Waals surface area contributed by atoms with Gasteiger partial charge in [-0.1, -0.05) is 30.3 Å². The van der Waals surface area contributed by atoms with E-state index in [2.05, 4.69) is 0 Å². The van der Waals surface area contributed by atoms with E-state index in [-0.39, 0.29) is 31.1 Å². The average Bonchev–Trinajstić information content (AvgIpc) is 2.36. The summed E-state index contributed by atoms with van der Waals surface area (Å²) in [4.78, 5) is 23.4. The molecule has 23 heavy (non-hydrogen) atoms. The molecule has 0 spiro atoms. The molecule has 0 aliphatic heterocycles. The highest BCUT2D eigenvalue weighted by molar-refractivity contribution is 5.71. The maximum atomic E-state index is 12.2. The number of carbonyl (C=O) groups is 2. The van der Waals surface area contributed by atoms with Gasteiger partial charge in [-0.2, -0.15) is 0 Å². The predicted molar refractivity (Wildman–Crippen MR) is 88.6 cm³/mol. The van der Waals surface area contributed by atoms with Crippen molar-refractivity contribution >= 4 is 11.9 Å². The molecule has 0 bridgehead atoms. The Balaban J connectivity index is 2.94. The van der Waals surface area contributed by atoms with Gasteiger partial charge in [0.15, 0.2) is 6.54 Å². The largest absolute Gasteiger partial charge is 0.459 e. The van der Waals surface area contributed by atoms with Crippen LogP contribution in [-0.4, -0.2) is 49.3 Å². The monoisotopic (exact) mass is 322 g/mol. The van der Waals surface area contributed by atoms with Gasteiger partial charge in [-0.15, -0.1) is 0 Å². The number of hydrogen-bond donors (Lipinski definition) is 0. The minimum atomic E-state index is -0.519. The van der Waals surface area contributed by atoms with Crippen LogP contribution in [0.2, 0.25) is 0 Å². The Morgan fingerprint density at radius 3 is 2.17 bits per heavy atom. The second kappa shape index (κ2) is 7.59. The molecule has 1 aromatic rings. The number of ether oxygens (including phenoxy) is 2. The molecule has 128 valence electrons. The molecule has 0 saturated heterocycles. The first-order chi connectivity index (χ1) is 10.5. The van der Waals surface area contributed by atoms with Crippen LogP contribution in [0.15, 0.2) is 30.3 Å². The van der Waals surface area contributed by atoms with E-state index in [0.29, 0.717) is 4.48 Å². The Hall–Kier alpha value is -1.88. The standard InChI is InChI=1S/C18H28NO4/c1-14(20)22-13-16(15-10-8-7-9-11-15)19(5,6)12-17(21)23-18(2,3)4/h7-11,16H,12-13H2,1-6H3/q+1/t16-/m0/s1. The third-order valence-corrected chi connectivity index (χ3v) is 3.43. The van der Waals surface area contributed by atoms with Crippen molar-refractivity contribution in [2.75, 3.05) is 27.2 Å². The first-order valence-corrected chi connectivity index (χ1v) is 7.74. The number of rotatable bonds is 6. The zero-order valence-corrected chi connectivity index (χ0v) is 15.0. The molecule has 0 N–H and O–H groups in total. The Labute approximate surface area is 138 Å². The van der Waals surface area contributed by atoms with Crippen molar-refractivity contribution in [1.29, 1.82) is 0 Å². The summed E-state index contributed by atoms with van der Waals surface area (Å²) < 4.78 is 11.0.